The Morgan fingerprint density at radius 3 is 2.39 bits per heavy atom. The molecule has 0 aromatic rings. The molecule has 2 unspecified atom stereocenters. The predicted molar refractivity (Wildman–Crippen MR) is 70.4 cm³/mol. The number of Topliss-reactive ketones (excluding diaryl/α,β-unsaturated/α-hetero) is 1. The van der Waals surface area contributed by atoms with E-state index in [4.69, 9.17) is 4.74 Å². The zero-order valence-electron chi connectivity index (χ0n) is 11.9. The highest BCUT2D eigenvalue weighted by atomic mass is 16.6. The van der Waals surface area contributed by atoms with Gasteiger partial charge >= 0.3 is 6.09 Å². The van der Waals surface area contributed by atoms with Crippen LogP contribution in [0.15, 0.2) is 0 Å². The van der Waals surface area contributed by atoms with E-state index in [1.165, 1.54) is 0 Å². The molecular weight excluding hydrogens is 230 g/mol. The molecule has 1 fully saturated rings. The first kappa shape index (κ1) is 15.0. The molecule has 1 aliphatic carbocycles. The van der Waals surface area contributed by atoms with Crippen LogP contribution in [-0.2, 0) is 9.53 Å². The molecule has 0 aromatic carbocycles. The molecule has 0 saturated heterocycles. The first-order valence-electron chi connectivity index (χ1n) is 6.77. The fourth-order valence-electron chi connectivity index (χ4n) is 2.47. The van der Waals surface area contributed by atoms with Gasteiger partial charge < -0.3 is 14.8 Å². The second-order valence-electron chi connectivity index (χ2n) is 6.20. The Morgan fingerprint density at radius 2 is 1.83 bits per heavy atom. The van der Waals surface area contributed by atoms with Crippen molar-refractivity contribution in [3.05, 3.63) is 0 Å². The molecule has 4 heteroatoms. The minimum absolute atomic E-state index is 0.0810. The second-order valence-corrected chi connectivity index (χ2v) is 6.20. The zero-order chi connectivity index (χ0) is 13.8. The molecule has 1 amide bonds. The van der Waals surface area contributed by atoms with Gasteiger partial charge in [0.05, 0.1) is 0 Å². The number of rotatable bonds is 3. The van der Waals surface area contributed by atoms with E-state index < -0.39 is 5.60 Å². The molecule has 1 aliphatic rings. The van der Waals surface area contributed by atoms with Gasteiger partial charge in [0.1, 0.15) is 11.4 Å². The van der Waals surface area contributed by atoms with Crippen LogP contribution >= 0.6 is 0 Å². The summed E-state index contributed by atoms with van der Waals surface area (Å²) in [6.07, 6.45) is 4.39. The SMILES string of the molecule is CC(=O)CC1CCCCC1NC(=O)OC(C)(C)C. The summed E-state index contributed by atoms with van der Waals surface area (Å²) in [6.45, 7) is 7.15. The Morgan fingerprint density at radius 1 is 1.22 bits per heavy atom. The number of ether oxygens (including phenoxy) is 1. The highest BCUT2D eigenvalue weighted by Crippen LogP contribution is 2.27. The van der Waals surface area contributed by atoms with Crippen molar-refractivity contribution in [3.63, 3.8) is 0 Å². The summed E-state index contributed by atoms with van der Waals surface area (Å²) < 4.78 is 5.26. The Kier molecular flexibility index (Phi) is 5.17. The van der Waals surface area contributed by atoms with E-state index in [-0.39, 0.29) is 23.8 Å². The van der Waals surface area contributed by atoms with E-state index in [9.17, 15) is 9.59 Å². The van der Waals surface area contributed by atoms with Gasteiger partial charge in [-0.25, -0.2) is 4.79 Å². The van der Waals surface area contributed by atoms with E-state index in [1.807, 2.05) is 20.8 Å². The van der Waals surface area contributed by atoms with Gasteiger partial charge in [0.15, 0.2) is 0 Å². The number of amides is 1. The maximum absolute atomic E-state index is 11.7. The minimum atomic E-state index is -0.477. The van der Waals surface area contributed by atoms with E-state index >= 15 is 0 Å². The summed E-state index contributed by atoms with van der Waals surface area (Å²) in [4.78, 5) is 23.0. The maximum atomic E-state index is 11.7. The molecule has 0 bridgehead atoms. The molecule has 104 valence electrons. The smallest absolute Gasteiger partial charge is 0.407 e. The molecule has 1 saturated carbocycles. The van der Waals surface area contributed by atoms with Crippen LogP contribution in [0.25, 0.3) is 0 Å². The van der Waals surface area contributed by atoms with Gasteiger partial charge in [-0.3, -0.25) is 0 Å². The standard InChI is InChI=1S/C14H25NO3/c1-10(16)9-11-7-5-6-8-12(11)15-13(17)18-14(2,3)4/h11-12H,5-9H2,1-4H3,(H,15,17). The maximum Gasteiger partial charge on any atom is 0.407 e. The van der Waals surface area contributed by atoms with Crippen molar-refractivity contribution >= 4 is 11.9 Å². The molecule has 0 aromatic heterocycles. The third kappa shape index (κ3) is 5.52. The lowest BCUT2D eigenvalue weighted by molar-refractivity contribution is -0.118. The molecule has 2 atom stereocenters. The van der Waals surface area contributed by atoms with Crippen molar-refractivity contribution in [2.45, 2.75) is 71.4 Å². The Balaban J connectivity index is 2.51. The number of hydrogen-bond acceptors (Lipinski definition) is 3. The van der Waals surface area contributed by atoms with Crippen LogP contribution in [0.3, 0.4) is 0 Å². The average molecular weight is 255 g/mol. The van der Waals surface area contributed by atoms with Crippen LogP contribution in [0.1, 0.15) is 59.8 Å². The van der Waals surface area contributed by atoms with Crippen molar-refractivity contribution in [1.82, 2.24) is 5.32 Å². The molecule has 1 rings (SSSR count). The lowest BCUT2D eigenvalue weighted by atomic mass is 9.81. The second kappa shape index (κ2) is 6.21. The van der Waals surface area contributed by atoms with Gasteiger partial charge in [-0.05, 0) is 46.5 Å². The fourth-order valence-corrected chi connectivity index (χ4v) is 2.47. The topological polar surface area (TPSA) is 55.4 Å². The van der Waals surface area contributed by atoms with Crippen molar-refractivity contribution in [1.29, 1.82) is 0 Å². The van der Waals surface area contributed by atoms with E-state index in [2.05, 4.69) is 5.32 Å². The van der Waals surface area contributed by atoms with Gasteiger partial charge in [0.25, 0.3) is 0 Å². The van der Waals surface area contributed by atoms with E-state index in [0.717, 1.165) is 25.7 Å². The Hall–Kier alpha value is -1.06. The van der Waals surface area contributed by atoms with Crippen LogP contribution in [-0.4, -0.2) is 23.5 Å². The van der Waals surface area contributed by atoms with Crippen LogP contribution in [0.5, 0.6) is 0 Å². The number of carbonyl (C=O) groups excluding carboxylic acids is 2. The third-order valence-electron chi connectivity index (χ3n) is 3.16. The Labute approximate surface area is 109 Å². The van der Waals surface area contributed by atoms with Crippen LogP contribution in [0, 0.1) is 5.92 Å². The van der Waals surface area contributed by atoms with Crippen LogP contribution in [0.4, 0.5) is 4.79 Å². The van der Waals surface area contributed by atoms with Gasteiger partial charge in [-0.2, -0.15) is 0 Å². The highest BCUT2D eigenvalue weighted by Gasteiger charge is 2.28. The third-order valence-corrected chi connectivity index (χ3v) is 3.16. The summed E-state index contributed by atoms with van der Waals surface area (Å²) in [6, 6.07) is 0.0810. The summed E-state index contributed by atoms with van der Waals surface area (Å²) in [5.41, 5.74) is -0.477. The number of hydrogen-bond donors (Lipinski definition) is 1. The van der Waals surface area contributed by atoms with Crippen molar-refractivity contribution < 1.29 is 14.3 Å². The molecule has 0 spiro atoms. The van der Waals surface area contributed by atoms with Crippen LogP contribution in [0.2, 0.25) is 0 Å². The van der Waals surface area contributed by atoms with Crippen LogP contribution < -0.4 is 5.32 Å². The van der Waals surface area contributed by atoms with Gasteiger partial charge in [-0.15, -0.1) is 0 Å². The molecule has 0 aliphatic heterocycles. The lowest BCUT2D eigenvalue weighted by Crippen LogP contribution is -2.44. The first-order chi connectivity index (χ1) is 8.28. The largest absolute Gasteiger partial charge is 0.444 e. The first-order valence-corrected chi connectivity index (χ1v) is 6.77. The highest BCUT2D eigenvalue weighted by molar-refractivity contribution is 5.76. The minimum Gasteiger partial charge on any atom is -0.444 e. The lowest BCUT2D eigenvalue weighted by Gasteiger charge is -2.32. The van der Waals surface area contributed by atoms with Gasteiger partial charge in [0.2, 0.25) is 0 Å². The predicted octanol–water partition coefficient (Wildman–Crippen LogP) is 3.05. The molecule has 1 N–H and O–H groups in total. The molecule has 4 nitrogen and oxygen atoms in total. The average Bonchev–Trinajstić information content (AvgIpc) is 2.17. The summed E-state index contributed by atoms with van der Waals surface area (Å²) in [5, 5.41) is 2.92. The molecule has 0 heterocycles. The van der Waals surface area contributed by atoms with Gasteiger partial charge in [-0.1, -0.05) is 12.8 Å². The number of ketones is 1. The fraction of sp³-hybridized carbons (Fsp3) is 0.857. The molecule has 18 heavy (non-hydrogen) atoms. The quantitative estimate of drug-likeness (QED) is 0.843. The zero-order valence-corrected chi connectivity index (χ0v) is 11.9. The van der Waals surface area contributed by atoms with Crippen molar-refractivity contribution in [2.75, 3.05) is 0 Å². The Bertz CT molecular complexity index is 307. The molecular formula is C14H25NO3. The monoisotopic (exact) mass is 255 g/mol. The summed E-state index contributed by atoms with van der Waals surface area (Å²) >= 11 is 0. The summed E-state index contributed by atoms with van der Waals surface area (Å²) in [7, 11) is 0. The van der Waals surface area contributed by atoms with E-state index in [1.54, 1.807) is 6.92 Å². The van der Waals surface area contributed by atoms with Crippen molar-refractivity contribution in [3.8, 4) is 0 Å². The number of carbonyl (C=O) groups is 2. The van der Waals surface area contributed by atoms with Gasteiger partial charge in [0, 0.05) is 12.5 Å². The number of nitrogens with one attached hydrogen (secondary N) is 1. The molecule has 0 radical (unpaired) electrons. The van der Waals surface area contributed by atoms with Crippen molar-refractivity contribution in [2.24, 2.45) is 5.92 Å². The summed E-state index contributed by atoms with van der Waals surface area (Å²) in [5.74, 6) is 0.460. The normalized spacial score (nSPS) is 24.4. The number of alkyl carbamates (subject to hydrolysis) is 1. The van der Waals surface area contributed by atoms with E-state index in [0.29, 0.717) is 6.42 Å².